The Labute approximate surface area is 200 Å². The molecule has 4 aromatic heterocycles. The van der Waals surface area contributed by atoms with Gasteiger partial charge in [0.1, 0.15) is 18.1 Å². The zero-order valence-corrected chi connectivity index (χ0v) is 19.3. The van der Waals surface area contributed by atoms with Crippen LogP contribution >= 0.6 is 0 Å². The molecule has 1 aliphatic carbocycles. The molecule has 35 heavy (non-hydrogen) atoms. The van der Waals surface area contributed by atoms with Crippen molar-refractivity contribution in [1.29, 1.82) is 0 Å². The molecule has 4 aromatic rings. The summed E-state index contributed by atoms with van der Waals surface area (Å²) in [5, 5.41) is 11.4. The van der Waals surface area contributed by atoms with Crippen LogP contribution in [0, 0.1) is 18.7 Å². The van der Waals surface area contributed by atoms with Crippen LogP contribution in [0.5, 0.6) is 5.75 Å². The van der Waals surface area contributed by atoms with Crippen molar-refractivity contribution in [3.63, 3.8) is 0 Å². The molecule has 1 saturated carbocycles. The molecule has 1 aliphatic heterocycles. The van der Waals surface area contributed by atoms with E-state index in [9.17, 15) is 4.79 Å². The molecule has 10 nitrogen and oxygen atoms in total. The first-order valence-corrected chi connectivity index (χ1v) is 11.5. The molecule has 180 valence electrons. The third kappa shape index (κ3) is 4.12. The number of ether oxygens (including phenoxy) is 2. The van der Waals surface area contributed by atoms with E-state index in [1.165, 1.54) is 10.7 Å². The minimum Gasteiger partial charge on any atom is -0.487 e. The maximum Gasteiger partial charge on any atom is 0.229 e. The SMILES string of the molecule is Cc1cnc([C@@H]2C[C@@H]2C(=O)Nc2cc3cc(-c4c(OC[C@@H]5CCO5)cnn4C)c(F)cn3n2)nc1. The monoisotopic (exact) mass is 477 g/mol. The molecular formula is C24H24FN7O3. The Morgan fingerprint density at radius 1 is 1.29 bits per heavy atom. The van der Waals surface area contributed by atoms with Crippen LogP contribution in [0.2, 0.25) is 0 Å². The van der Waals surface area contributed by atoms with Gasteiger partial charge >= 0.3 is 0 Å². The fourth-order valence-electron chi connectivity index (χ4n) is 4.27. The number of hydrogen-bond acceptors (Lipinski definition) is 7. The van der Waals surface area contributed by atoms with Crippen LogP contribution < -0.4 is 10.1 Å². The third-order valence-electron chi connectivity index (χ3n) is 6.44. The predicted molar refractivity (Wildman–Crippen MR) is 123 cm³/mol. The quantitative estimate of drug-likeness (QED) is 0.436. The van der Waals surface area contributed by atoms with Gasteiger partial charge in [0, 0.05) is 55.9 Å². The van der Waals surface area contributed by atoms with Gasteiger partial charge in [-0.05, 0) is 25.0 Å². The van der Waals surface area contributed by atoms with Crippen LogP contribution in [-0.4, -0.2) is 54.6 Å². The van der Waals surface area contributed by atoms with E-state index in [0.717, 1.165) is 18.6 Å². The number of anilines is 1. The van der Waals surface area contributed by atoms with Gasteiger partial charge < -0.3 is 14.8 Å². The standard InChI is InChI=1S/C24H24FN7O3/c1-13-8-26-23(27-9-13)16-7-17(16)24(33)29-21-6-14-5-18(19(25)11-32(14)30-21)22-20(10-28-31(22)2)35-12-15-3-4-34-15/h5-6,8-11,15-17H,3-4,7,12H2,1-2H3,(H,29,30,33)/t15-,16+,17-/m0/s1. The Morgan fingerprint density at radius 3 is 2.83 bits per heavy atom. The highest BCUT2D eigenvalue weighted by molar-refractivity contribution is 5.95. The van der Waals surface area contributed by atoms with E-state index in [0.29, 0.717) is 47.2 Å². The molecule has 0 radical (unpaired) electrons. The molecular weight excluding hydrogens is 453 g/mol. The Hall–Kier alpha value is -3.86. The third-order valence-corrected chi connectivity index (χ3v) is 6.44. The van der Waals surface area contributed by atoms with Crippen molar-refractivity contribution in [2.24, 2.45) is 13.0 Å². The van der Waals surface area contributed by atoms with Crippen LogP contribution in [0.4, 0.5) is 10.2 Å². The number of carbonyl (C=O) groups is 1. The molecule has 0 bridgehead atoms. The maximum atomic E-state index is 15.1. The average Bonchev–Trinajstić information content (AvgIpc) is 3.39. The normalized spacial score (nSPS) is 21.1. The van der Waals surface area contributed by atoms with Crippen molar-refractivity contribution >= 4 is 17.2 Å². The van der Waals surface area contributed by atoms with Crippen molar-refractivity contribution in [1.82, 2.24) is 29.4 Å². The number of fused-ring (bicyclic) bond motifs is 1. The molecule has 0 unspecified atom stereocenters. The lowest BCUT2D eigenvalue weighted by atomic mass is 10.1. The summed E-state index contributed by atoms with van der Waals surface area (Å²) in [6.07, 6.45) is 8.05. The smallest absolute Gasteiger partial charge is 0.229 e. The molecule has 5 heterocycles. The lowest BCUT2D eigenvalue weighted by molar-refractivity contribution is -0.117. The molecule has 1 saturated heterocycles. The van der Waals surface area contributed by atoms with Gasteiger partial charge in [0.05, 0.1) is 24.0 Å². The fourth-order valence-corrected chi connectivity index (χ4v) is 4.27. The summed E-state index contributed by atoms with van der Waals surface area (Å²) >= 11 is 0. The first-order chi connectivity index (χ1) is 17.0. The number of aryl methyl sites for hydroxylation is 2. The van der Waals surface area contributed by atoms with Crippen LogP contribution in [-0.2, 0) is 16.6 Å². The summed E-state index contributed by atoms with van der Waals surface area (Å²) in [6, 6.07) is 3.38. The lowest BCUT2D eigenvalue weighted by Crippen LogP contribution is -2.32. The molecule has 1 amide bonds. The highest BCUT2D eigenvalue weighted by Gasteiger charge is 2.46. The van der Waals surface area contributed by atoms with E-state index in [1.54, 1.807) is 42.5 Å². The molecule has 1 N–H and O–H groups in total. The minimum absolute atomic E-state index is 0.00489. The number of pyridine rings is 1. The predicted octanol–water partition coefficient (Wildman–Crippen LogP) is 2.88. The highest BCUT2D eigenvalue weighted by Crippen LogP contribution is 2.46. The number of carbonyl (C=O) groups excluding carboxylic acids is 1. The number of halogens is 1. The number of amides is 1. The second kappa shape index (κ2) is 8.42. The van der Waals surface area contributed by atoms with Crippen LogP contribution in [0.25, 0.3) is 16.8 Å². The zero-order chi connectivity index (χ0) is 24.1. The maximum absolute atomic E-state index is 15.1. The first-order valence-electron chi connectivity index (χ1n) is 11.5. The first kappa shape index (κ1) is 21.7. The minimum atomic E-state index is -0.481. The van der Waals surface area contributed by atoms with Crippen LogP contribution in [0.15, 0.2) is 36.9 Å². The lowest BCUT2D eigenvalue weighted by Gasteiger charge is -2.26. The summed E-state index contributed by atoms with van der Waals surface area (Å²) in [5.41, 5.74) is 2.46. The van der Waals surface area contributed by atoms with E-state index in [-0.39, 0.29) is 23.8 Å². The van der Waals surface area contributed by atoms with Gasteiger partial charge in [0.25, 0.3) is 0 Å². The molecule has 2 fully saturated rings. The summed E-state index contributed by atoms with van der Waals surface area (Å²) in [4.78, 5) is 21.4. The fraction of sp³-hybridized carbons (Fsp3) is 0.375. The van der Waals surface area contributed by atoms with Gasteiger partial charge in [0.2, 0.25) is 5.91 Å². The average molecular weight is 478 g/mol. The van der Waals surface area contributed by atoms with Gasteiger partial charge in [-0.2, -0.15) is 5.10 Å². The zero-order valence-electron chi connectivity index (χ0n) is 19.3. The summed E-state index contributed by atoms with van der Waals surface area (Å²) in [7, 11) is 1.73. The van der Waals surface area contributed by atoms with Crippen molar-refractivity contribution in [3.8, 4) is 17.0 Å². The van der Waals surface area contributed by atoms with E-state index in [4.69, 9.17) is 9.47 Å². The van der Waals surface area contributed by atoms with E-state index < -0.39 is 5.82 Å². The van der Waals surface area contributed by atoms with Crippen molar-refractivity contribution in [2.45, 2.75) is 31.8 Å². The second-order valence-corrected chi connectivity index (χ2v) is 9.06. The van der Waals surface area contributed by atoms with E-state index in [2.05, 4.69) is 25.5 Å². The summed E-state index contributed by atoms with van der Waals surface area (Å²) in [6.45, 7) is 3.05. The number of rotatable bonds is 7. The number of hydrogen-bond donors (Lipinski definition) is 1. The molecule has 2 aliphatic rings. The van der Waals surface area contributed by atoms with Crippen molar-refractivity contribution in [2.75, 3.05) is 18.5 Å². The Morgan fingerprint density at radius 2 is 2.09 bits per heavy atom. The van der Waals surface area contributed by atoms with Gasteiger partial charge in [0.15, 0.2) is 17.4 Å². The van der Waals surface area contributed by atoms with E-state index in [1.807, 2.05) is 6.92 Å². The largest absolute Gasteiger partial charge is 0.487 e. The van der Waals surface area contributed by atoms with Gasteiger partial charge in [-0.3, -0.25) is 9.48 Å². The Bertz CT molecular complexity index is 1410. The molecule has 6 rings (SSSR count). The Kier molecular flexibility index (Phi) is 5.21. The second-order valence-electron chi connectivity index (χ2n) is 9.06. The van der Waals surface area contributed by atoms with Crippen molar-refractivity contribution < 1.29 is 18.7 Å². The number of aromatic nitrogens is 6. The van der Waals surface area contributed by atoms with Crippen LogP contribution in [0.3, 0.4) is 0 Å². The number of nitrogens with zero attached hydrogens (tertiary/aromatic N) is 6. The van der Waals surface area contributed by atoms with Crippen LogP contribution in [0.1, 0.15) is 30.1 Å². The topological polar surface area (TPSA) is 108 Å². The van der Waals surface area contributed by atoms with E-state index >= 15 is 4.39 Å². The molecule has 11 heteroatoms. The Balaban J connectivity index is 1.20. The van der Waals surface area contributed by atoms with Gasteiger partial charge in [-0.1, -0.05) is 0 Å². The molecule has 0 aromatic carbocycles. The summed E-state index contributed by atoms with van der Waals surface area (Å²) in [5.74, 6) is 0.682. The molecule has 3 atom stereocenters. The van der Waals surface area contributed by atoms with Gasteiger partial charge in [-0.25, -0.2) is 18.9 Å². The molecule has 0 spiro atoms. The number of nitrogens with one attached hydrogen (secondary N) is 1. The van der Waals surface area contributed by atoms with Crippen molar-refractivity contribution in [3.05, 3.63) is 54.1 Å². The van der Waals surface area contributed by atoms with Gasteiger partial charge in [-0.15, -0.1) is 5.10 Å². The summed E-state index contributed by atoms with van der Waals surface area (Å²) < 4.78 is 29.4. The highest BCUT2D eigenvalue weighted by atomic mass is 19.1.